The van der Waals surface area contributed by atoms with Crippen molar-refractivity contribution in [1.29, 1.82) is 0 Å². The van der Waals surface area contributed by atoms with E-state index in [9.17, 15) is 5.11 Å². The van der Waals surface area contributed by atoms with Crippen LogP contribution < -0.4 is 10.1 Å². The monoisotopic (exact) mass is 309 g/mol. The van der Waals surface area contributed by atoms with Crippen molar-refractivity contribution in [1.82, 2.24) is 15.3 Å². The maximum Gasteiger partial charge on any atom is 0.218 e. The SMILES string of the molecule is COc1nc2ccccc2cc1CNCC(O)c1ccncc1. The second kappa shape index (κ2) is 7.17. The van der Waals surface area contributed by atoms with Crippen molar-refractivity contribution in [2.75, 3.05) is 13.7 Å². The van der Waals surface area contributed by atoms with Crippen molar-refractivity contribution >= 4 is 10.9 Å². The molecule has 0 amide bonds. The Balaban J connectivity index is 1.69. The number of nitrogens with one attached hydrogen (secondary N) is 1. The van der Waals surface area contributed by atoms with E-state index in [1.165, 1.54) is 0 Å². The number of nitrogens with zero attached hydrogens (tertiary/aromatic N) is 2. The van der Waals surface area contributed by atoms with E-state index in [0.717, 1.165) is 22.0 Å². The van der Waals surface area contributed by atoms with Gasteiger partial charge in [-0.3, -0.25) is 4.98 Å². The molecule has 3 aromatic rings. The molecular weight excluding hydrogens is 290 g/mol. The maximum absolute atomic E-state index is 10.2. The van der Waals surface area contributed by atoms with Gasteiger partial charge in [0.2, 0.25) is 5.88 Å². The topological polar surface area (TPSA) is 67.3 Å². The standard InChI is InChI=1S/C18H19N3O2/c1-23-18-15(10-14-4-2-3-5-16(14)21-18)11-20-12-17(22)13-6-8-19-9-7-13/h2-10,17,20,22H,11-12H2,1H3. The molecule has 118 valence electrons. The van der Waals surface area contributed by atoms with Crippen molar-refractivity contribution in [2.24, 2.45) is 0 Å². The number of ether oxygens (including phenoxy) is 1. The highest BCUT2D eigenvalue weighted by Gasteiger charge is 2.10. The fraction of sp³-hybridized carbons (Fsp3) is 0.222. The summed E-state index contributed by atoms with van der Waals surface area (Å²) in [5.74, 6) is 0.606. The van der Waals surface area contributed by atoms with Gasteiger partial charge in [0, 0.05) is 36.4 Å². The van der Waals surface area contributed by atoms with Crippen LogP contribution in [0.5, 0.6) is 5.88 Å². The van der Waals surface area contributed by atoms with Crippen LogP contribution in [0.25, 0.3) is 10.9 Å². The van der Waals surface area contributed by atoms with Crippen LogP contribution in [0.15, 0.2) is 54.9 Å². The van der Waals surface area contributed by atoms with Gasteiger partial charge in [0.15, 0.2) is 0 Å². The quantitative estimate of drug-likeness (QED) is 0.732. The van der Waals surface area contributed by atoms with Gasteiger partial charge >= 0.3 is 0 Å². The van der Waals surface area contributed by atoms with Crippen LogP contribution >= 0.6 is 0 Å². The molecule has 1 unspecified atom stereocenters. The van der Waals surface area contributed by atoms with E-state index < -0.39 is 6.10 Å². The van der Waals surface area contributed by atoms with Crippen molar-refractivity contribution in [3.8, 4) is 5.88 Å². The van der Waals surface area contributed by atoms with Crippen LogP contribution in [-0.4, -0.2) is 28.7 Å². The second-order valence-electron chi connectivity index (χ2n) is 5.28. The van der Waals surface area contributed by atoms with Gasteiger partial charge in [-0.25, -0.2) is 4.98 Å². The number of para-hydroxylation sites is 1. The van der Waals surface area contributed by atoms with Gasteiger partial charge in [-0.05, 0) is 29.8 Å². The number of rotatable bonds is 6. The molecule has 0 saturated carbocycles. The number of aliphatic hydroxyl groups excluding tert-OH is 1. The minimum Gasteiger partial charge on any atom is -0.481 e. The first kappa shape index (κ1) is 15.4. The molecule has 0 aliphatic heterocycles. The molecule has 5 nitrogen and oxygen atoms in total. The van der Waals surface area contributed by atoms with Crippen molar-refractivity contribution in [3.05, 3.63) is 66.0 Å². The van der Waals surface area contributed by atoms with Crippen molar-refractivity contribution < 1.29 is 9.84 Å². The Bertz CT molecular complexity index is 778. The molecule has 0 aliphatic carbocycles. The van der Waals surface area contributed by atoms with E-state index in [-0.39, 0.29) is 0 Å². The first-order valence-electron chi connectivity index (χ1n) is 7.49. The Morgan fingerprint density at radius 2 is 1.96 bits per heavy atom. The van der Waals surface area contributed by atoms with Gasteiger partial charge in [0.1, 0.15) is 0 Å². The number of benzene rings is 1. The van der Waals surface area contributed by atoms with E-state index in [1.807, 2.05) is 36.4 Å². The second-order valence-corrected chi connectivity index (χ2v) is 5.28. The number of pyridine rings is 2. The number of hydrogen-bond donors (Lipinski definition) is 2. The molecule has 0 spiro atoms. The molecule has 2 heterocycles. The van der Waals surface area contributed by atoms with Crippen LogP contribution in [0, 0.1) is 0 Å². The van der Waals surface area contributed by atoms with E-state index in [0.29, 0.717) is 19.0 Å². The minimum atomic E-state index is -0.572. The van der Waals surface area contributed by atoms with Gasteiger partial charge in [-0.2, -0.15) is 0 Å². The van der Waals surface area contributed by atoms with E-state index in [2.05, 4.69) is 21.4 Å². The Morgan fingerprint density at radius 1 is 1.17 bits per heavy atom. The van der Waals surface area contributed by atoms with Crippen molar-refractivity contribution in [3.63, 3.8) is 0 Å². The lowest BCUT2D eigenvalue weighted by Crippen LogP contribution is -2.21. The van der Waals surface area contributed by atoms with Gasteiger partial charge in [-0.15, -0.1) is 0 Å². The molecule has 0 bridgehead atoms. The third-order valence-corrected chi connectivity index (χ3v) is 3.70. The molecular formula is C18H19N3O2. The molecule has 23 heavy (non-hydrogen) atoms. The van der Waals surface area contributed by atoms with Crippen LogP contribution in [0.4, 0.5) is 0 Å². The number of fused-ring (bicyclic) bond motifs is 1. The van der Waals surface area contributed by atoms with Crippen molar-refractivity contribution in [2.45, 2.75) is 12.6 Å². The largest absolute Gasteiger partial charge is 0.481 e. The van der Waals surface area contributed by atoms with E-state index in [4.69, 9.17) is 4.74 Å². The molecule has 1 atom stereocenters. The third kappa shape index (κ3) is 3.64. The molecule has 1 aromatic carbocycles. The van der Waals surface area contributed by atoms with Crippen LogP contribution in [0.3, 0.4) is 0 Å². The molecule has 5 heteroatoms. The Hall–Kier alpha value is -2.50. The lowest BCUT2D eigenvalue weighted by molar-refractivity contribution is 0.174. The third-order valence-electron chi connectivity index (χ3n) is 3.70. The zero-order chi connectivity index (χ0) is 16.1. The number of aliphatic hydroxyl groups is 1. The normalized spacial score (nSPS) is 12.3. The summed E-state index contributed by atoms with van der Waals surface area (Å²) in [6.45, 7) is 1.02. The summed E-state index contributed by atoms with van der Waals surface area (Å²) in [4.78, 5) is 8.47. The molecule has 0 saturated heterocycles. The molecule has 3 rings (SSSR count). The number of methoxy groups -OCH3 is 1. The molecule has 2 N–H and O–H groups in total. The predicted octanol–water partition coefficient (Wildman–Crippen LogP) is 2.46. The summed E-state index contributed by atoms with van der Waals surface area (Å²) < 4.78 is 5.37. The van der Waals surface area contributed by atoms with Gasteiger partial charge < -0.3 is 15.2 Å². The van der Waals surface area contributed by atoms with E-state index >= 15 is 0 Å². The number of aromatic nitrogens is 2. The average Bonchev–Trinajstić information content (AvgIpc) is 2.61. The zero-order valence-electron chi connectivity index (χ0n) is 12.9. The molecule has 0 radical (unpaired) electrons. The predicted molar refractivity (Wildman–Crippen MR) is 89.2 cm³/mol. The van der Waals surface area contributed by atoms with E-state index in [1.54, 1.807) is 19.5 Å². The van der Waals surface area contributed by atoms with Gasteiger partial charge in [0.05, 0.1) is 18.7 Å². The Labute approximate surface area is 135 Å². The summed E-state index contributed by atoms with van der Waals surface area (Å²) in [5, 5.41) is 14.5. The van der Waals surface area contributed by atoms with Gasteiger partial charge in [-0.1, -0.05) is 18.2 Å². The smallest absolute Gasteiger partial charge is 0.218 e. The highest BCUT2D eigenvalue weighted by molar-refractivity contribution is 5.80. The lowest BCUT2D eigenvalue weighted by atomic mass is 10.1. The summed E-state index contributed by atoms with van der Waals surface area (Å²) in [6.07, 6.45) is 2.78. The number of hydrogen-bond acceptors (Lipinski definition) is 5. The summed E-state index contributed by atoms with van der Waals surface area (Å²) >= 11 is 0. The Kier molecular flexibility index (Phi) is 4.80. The summed E-state index contributed by atoms with van der Waals surface area (Å²) in [6, 6.07) is 13.6. The van der Waals surface area contributed by atoms with Crippen LogP contribution in [0.1, 0.15) is 17.2 Å². The summed E-state index contributed by atoms with van der Waals surface area (Å²) in [7, 11) is 1.62. The maximum atomic E-state index is 10.2. The fourth-order valence-corrected chi connectivity index (χ4v) is 2.49. The molecule has 0 aliphatic rings. The molecule has 2 aromatic heterocycles. The highest BCUT2D eigenvalue weighted by atomic mass is 16.5. The van der Waals surface area contributed by atoms with Crippen LogP contribution in [0.2, 0.25) is 0 Å². The Morgan fingerprint density at radius 3 is 2.74 bits per heavy atom. The lowest BCUT2D eigenvalue weighted by Gasteiger charge is -2.14. The first-order valence-corrected chi connectivity index (χ1v) is 7.49. The fourth-order valence-electron chi connectivity index (χ4n) is 2.49. The first-order chi connectivity index (χ1) is 11.3. The zero-order valence-corrected chi connectivity index (χ0v) is 12.9. The average molecular weight is 309 g/mol. The van der Waals surface area contributed by atoms with Gasteiger partial charge in [0.25, 0.3) is 0 Å². The molecule has 0 fully saturated rings. The summed E-state index contributed by atoms with van der Waals surface area (Å²) in [5.41, 5.74) is 2.72. The van der Waals surface area contributed by atoms with Crippen LogP contribution in [-0.2, 0) is 6.54 Å². The highest BCUT2D eigenvalue weighted by Crippen LogP contribution is 2.22. The minimum absolute atomic E-state index is 0.444.